The van der Waals surface area contributed by atoms with Gasteiger partial charge in [0, 0.05) is 21.6 Å². The smallest absolute Gasteiger partial charge is 0.163 e. The quantitative estimate of drug-likeness (QED) is 0.0440. The summed E-state index contributed by atoms with van der Waals surface area (Å²) in [6.45, 7) is 7.46. The van der Waals surface area contributed by atoms with Gasteiger partial charge in [-0.25, -0.2) is 0 Å². The molecular weight excluding hydrogens is 908 g/mol. The minimum Gasteiger partial charge on any atom is -0.490 e. The number of rotatable bonds is 25. The van der Waals surface area contributed by atoms with E-state index in [1.165, 1.54) is 0 Å². The van der Waals surface area contributed by atoms with Gasteiger partial charge < -0.3 is 38.3 Å². The van der Waals surface area contributed by atoms with Crippen LogP contribution in [0.3, 0.4) is 0 Å². The van der Waals surface area contributed by atoms with E-state index in [0.29, 0.717) is 76.3 Å². The molecule has 1 aliphatic rings. The minimum absolute atomic E-state index is 0.0320. The molecule has 10 nitrogen and oxygen atoms in total. The van der Waals surface area contributed by atoms with Gasteiger partial charge in [0.25, 0.3) is 0 Å². The molecule has 5 aromatic rings. The highest BCUT2D eigenvalue weighted by Gasteiger charge is 2.47. The second-order valence-electron chi connectivity index (χ2n) is 14.4. The number of fused-ring (bicyclic) bond motifs is 3. The van der Waals surface area contributed by atoms with Gasteiger partial charge in [-0.3, -0.25) is 9.59 Å². The number of aliphatic hydroxyl groups is 1. The molecule has 6 rings (SSSR count). The van der Waals surface area contributed by atoms with Gasteiger partial charge in [0.05, 0.1) is 90.3 Å². The predicted molar refractivity (Wildman–Crippen MR) is 242 cm³/mol. The number of carbonyl (C=O) groups is 2. The lowest BCUT2D eigenvalue weighted by atomic mass is 9.66. The van der Waals surface area contributed by atoms with Gasteiger partial charge in [-0.2, -0.15) is 0 Å². The molecular formula is C49H52Br2O10. The zero-order valence-electron chi connectivity index (χ0n) is 34.8. The Kier molecular flexibility index (Phi) is 17.4. The molecule has 322 valence electrons. The van der Waals surface area contributed by atoms with E-state index in [2.05, 4.69) is 74.3 Å². The fraction of sp³-hybridized carbons (Fsp3) is 0.347. The van der Waals surface area contributed by atoms with Crippen molar-refractivity contribution in [2.24, 2.45) is 0 Å². The van der Waals surface area contributed by atoms with Crippen LogP contribution in [0.1, 0.15) is 62.4 Å². The number of hydrogen-bond acceptors (Lipinski definition) is 10. The van der Waals surface area contributed by atoms with E-state index in [1.54, 1.807) is 21.0 Å². The van der Waals surface area contributed by atoms with E-state index in [4.69, 9.17) is 38.3 Å². The Hall–Kier alpha value is -4.08. The summed E-state index contributed by atoms with van der Waals surface area (Å²) in [7, 11) is 1.63. The first-order valence-electron chi connectivity index (χ1n) is 20.3. The Morgan fingerprint density at radius 2 is 1.16 bits per heavy atom. The number of halogens is 2. The predicted octanol–water partition coefficient (Wildman–Crippen LogP) is 9.25. The number of carbonyl (C=O) groups excluding carboxylic acids is 2. The number of methoxy groups -OCH3 is 1. The Labute approximate surface area is 374 Å². The highest BCUT2D eigenvalue weighted by atomic mass is 79.9. The van der Waals surface area contributed by atoms with Crippen molar-refractivity contribution < 1.29 is 47.9 Å². The molecule has 0 saturated heterocycles. The maximum absolute atomic E-state index is 13.5. The first-order valence-corrected chi connectivity index (χ1v) is 21.9. The molecule has 0 bridgehead atoms. The number of aliphatic hydroxyl groups excluding tert-OH is 1. The summed E-state index contributed by atoms with van der Waals surface area (Å²) in [5.41, 5.74) is 8.62. The number of ether oxygens (including phenoxy) is 7. The van der Waals surface area contributed by atoms with Crippen molar-refractivity contribution in [3.8, 4) is 28.0 Å². The fourth-order valence-corrected chi connectivity index (χ4v) is 8.66. The molecule has 0 spiro atoms. The minimum atomic E-state index is -0.976. The average molecular weight is 961 g/mol. The summed E-state index contributed by atoms with van der Waals surface area (Å²) in [6.07, 6.45) is 0. The van der Waals surface area contributed by atoms with Crippen LogP contribution in [0.2, 0.25) is 0 Å². The van der Waals surface area contributed by atoms with E-state index < -0.39 is 5.41 Å². The third-order valence-corrected chi connectivity index (χ3v) is 11.7. The molecule has 1 unspecified atom stereocenters. The van der Waals surface area contributed by atoms with Gasteiger partial charge >= 0.3 is 0 Å². The largest absolute Gasteiger partial charge is 0.490 e. The summed E-state index contributed by atoms with van der Waals surface area (Å²) in [5, 5.41) is 8.89. The maximum atomic E-state index is 13.5. The van der Waals surface area contributed by atoms with Crippen LogP contribution in [0.5, 0.6) is 5.75 Å². The second-order valence-corrected chi connectivity index (χ2v) is 16.2. The lowest BCUT2D eigenvalue weighted by Crippen LogP contribution is -2.29. The van der Waals surface area contributed by atoms with Gasteiger partial charge in [-0.1, -0.05) is 86.5 Å². The summed E-state index contributed by atoms with van der Waals surface area (Å²) >= 11 is 7.75. The van der Waals surface area contributed by atoms with Crippen LogP contribution >= 0.6 is 31.9 Å². The van der Waals surface area contributed by atoms with E-state index >= 15 is 0 Å². The summed E-state index contributed by atoms with van der Waals surface area (Å²) in [4.78, 5) is 27.1. The van der Waals surface area contributed by atoms with Crippen LogP contribution in [0.4, 0.5) is 0 Å². The lowest BCUT2D eigenvalue weighted by molar-refractivity contribution is 0.00443. The van der Waals surface area contributed by atoms with Crippen LogP contribution in [0.25, 0.3) is 22.3 Å². The molecule has 0 amide bonds. The van der Waals surface area contributed by atoms with E-state index in [9.17, 15) is 9.59 Å². The van der Waals surface area contributed by atoms with Gasteiger partial charge in [0.15, 0.2) is 11.6 Å². The van der Waals surface area contributed by atoms with Gasteiger partial charge in [-0.05, 0) is 106 Å². The molecule has 1 aliphatic carbocycles. The molecule has 0 saturated carbocycles. The van der Waals surface area contributed by atoms with Crippen molar-refractivity contribution in [3.63, 3.8) is 0 Å². The first-order chi connectivity index (χ1) is 29.7. The molecule has 1 N–H and O–H groups in total. The van der Waals surface area contributed by atoms with Crippen LogP contribution in [-0.4, -0.2) is 103 Å². The van der Waals surface area contributed by atoms with Crippen molar-refractivity contribution in [1.82, 2.24) is 0 Å². The molecule has 0 aromatic heterocycles. The maximum Gasteiger partial charge on any atom is 0.163 e. The van der Waals surface area contributed by atoms with E-state index in [-0.39, 0.29) is 38.0 Å². The fourth-order valence-electron chi connectivity index (χ4n) is 7.73. The first kappa shape index (κ1) is 46.4. The van der Waals surface area contributed by atoms with Crippen LogP contribution in [-0.2, 0) is 40.4 Å². The monoisotopic (exact) mass is 958 g/mol. The van der Waals surface area contributed by atoms with E-state index in [1.807, 2.05) is 54.6 Å². The molecule has 0 heterocycles. The number of benzene rings is 5. The van der Waals surface area contributed by atoms with Crippen molar-refractivity contribution in [2.45, 2.75) is 25.9 Å². The topological polar surface area (TPSA) is 119 Å². The van der Waals surface area contributed by atoms with Crippen LogP contribution < -0.4 is 4.74 Å². The molecule has 12 heteroatoms. The number of Topliss-reactive ketones (excluding diaryl/α,β-unsaturated/α-hetero) is 2. The lowest BCUT2D eigenvalue weighted by Gasteiger charge is -2.35. The Morgan fingerprint density at radius 1 is 0.574 bits per heavy atom. The highest BCUT2D eigenvalue weighted by Crippen LogP contribution is 2.58. The molecule has 1 atom stereocenters. The SMILES string of the molecule is COCCOCCOCCOc1ccc(C2(c3ccc(COCCOCCOCCO)c(C(C)=O)c3)c3cc(Br)ccc3-c3cc(-c4ccccc4)c(Br)cc32)cc1C(C)=O. The second kappa shape index (κ2) is 22.8. The number of hydrogen-bond donors (Lipinski definition) is 1. The molecule has 61 heavy (non-hydrogen) atoms. The molecule has 0 fully saturated rings. The average Bonchev–Trinajstić information content (AvgIpc) is 3.53. The Morgan fingerprint density at radius 3 is 1.82 bits per heavy atom. The summed E-state index contributed by atoms with van der Waals surface area (Å²) in [6, 6.07) is 32.8. The zero-order chi connectivity index (χ0) is 43.2. The van der Waals surface area contributed by atoms with Crippen molar-refractivity contribution >= 4 is 43.4 Å². The van der Waals surface area contributed by atoms with Crippen molar-refractivity contribution in [2.75, 3.05) is 86.4 Å². The van der Waals surface area contributed by atoms with Gasteiger partial charge in [0.1, 0.15) is 12.4 Å². The Balaban J connectivity index is 1.42. The summed E-state index contributed by atoms with van der Waals surface area (Å²) < 4.78 is 41.0. The standard InChI is InChI=1S/C49H52Br2O10/c1-33(53)41-27-37(10-9-36(41)32-60-24-23-58-20-19-56-16-15-52)49(38-11-14-48(42(28-38)34(2)54)61-26-25-59-22-21-57-18-17-55-3)45-29-39(50)12-13-40(45)44-30-43(47(51)31-46(44)49)35-7-5-4-6-8-35/h4-14,27-31,52H,15-26,32H2,1-3H3. The van der Waals surface area contributed by atoms with Crippen LogP contribution in [0.15, 0.2) is 106 Å². The van der Waals surface area contributed by atoms with Crippen molar-refractivity contribution in [3.05, 3.63) is 145 Å². The van der Waals surface area contributed by atoms with Gasteiger partial charge in [-0.15, -0.1) is 0 Å². The molecule has 5 aromatic carbocycles. The summed E-state index contributed by atoms with van der Waals surface area (Å²) in [5.74, 6) is 0.211. The van der Waals surface area contributed by atoms with E-state index in [0.717, 1.165) is 59.0 Å². The third kappa shape index (κ3) is 11.1. The van der Waals surface area contributed by atoms with Crippen molar-refractivity contribution in [1.29, 1.82) is 0 Å². The van der Waals surface area contributed by atoms with Gasteiger partial charge in [0.2, 0.25) is 0 Å². The van der Waals surface area contributed by atoms with Crippen LogP contribution in [0, 0.1) is 0 Å². The zero-order valence-corrected chi connectivity index (χ0v) is 38.0. The molecule has 0 aliphatic heterocycles. The third-order valence-electron chi connectivity index (χ3n) is 10.5. The molecule has 0 radical (unpaired) electrons. The Bertz CT molecular complexity index is 2180. The highest BCUT2D eigenvalue weighted by molar-refractivity contribution is 9.10. The normalized spacial score (nSPS) is 14.2. The number of ketones is 2.